The van der Waals surface area contributed by atoms with Gasteiger partial charge in [-0.25, -0.2) is 0 Å². The fraction of sp³-hybridized carbons (Fsp3) is 0.400. The minimum Gasteiger partial charge on any atom is -0.468 e. The minimum atomic E-state index is -0.719. The summed E-state index contributed by atoms with van der Waals surface area (Å²) in [5.74, 6) is -0.744. The molecule has 1 atom stereocenters. The fourth-order valence-corrected chi connectivity index (χ4v) is 1.72. The molecule has 0 heterocycles. The highest BCUT2D eigenvalue weighted by Crippen LogP contribution is 2.10. The lowest BCUT2D eigenvalue weighted by atomic mass is 10.0. The Balaban J connectivity index is 2.67. The zero-order chi connectivity index (χ0) is 15.1. The Bertz CT molecular complexity index is 493. The first-order valence-corrected chi connectivity index (χ1v) is 6.45. The lowest BCUT2D eigenvalue weighted by molar-refractivity contribution is -0.142. The van der Waals surface area contributed by atoms with E-state index in [9.17, 15) is 14.4 Å². The topological polar surface area (TPSA) is 86.5 Å². The highest BCUT2D eigenvalue weighted by Gasteiger charge is 2.15. The molecule has 5 heteroatoms. The van der Waals surface area contributed by atoms with E-state index in [1.807, 2.05) is 0 Å². The second-order valence-electron chi connectivity index (χ2n) is 4.52. The summed E-state index contributed by atoms with van der Waals surface area (Å²) < 4.78 is 4.55. The first kappa shape index (κ1) is 16.0. The number of hydrogen-bond donors (Lipinski definition) is 1. The van der Waals surface area contributed by atoms with Gasteiger partial charge in [-0.2, -0.15) is 0 Å². The molecule has 0 bridgehead atoms. The molecule has 1 aromatic rings. The Morgan fingerprint density at radius 1 is 1.20 bits per heavy atom. The average Bonchev–Trinajstić information content (AvgIpc) is 2.46. The Morgan fingerprint density at radius 3 is 2.30 bits per heavy atom. The number of ether oxygens (including phenoxy) is 1. The number of rotatable bonds is 7. The predicted molar refractivity (Wildman–Crippen MR) is 74.4 cm³/mol. The fourth-order valence-electron chi connectivity index (χ4n) is 1.72. The summed E-state index contributed by atoms with van der Waals surface area (Å²) >= 11 is 0. The quantitative estimate of drug-likeness (QED) is 0.461. The van der Waals surface area contributed by atoms with Gasteiger partial charge in [0, 0.05) is 12.0 Å². The van der Waals surface area contributed by atoms with Crippen LogP contribution >= 0.6 is 0 Å². The summed E-state index contributed by atoms with van der Waals surface area (Å²) in [6.45, 7) is 1.73. The van der Waals surface area contributed by atoms with Crippen molar-refractivity contribution >= 4 is 17.5 Å². The third kappa shape index (κ3) is 4.59. The molecule has 0 amide bonds. The zero-order valence-corrected chi connectivity index (χ0v) is 11.7. The van der Waals surface area contributed by atoms with E-state index in [1.54, 1.807) is 31.2 Å². The maximum Gasteiger partial charge on any atom is 0.322 e. The van der Waals surface area contributed by atoms with Crippen LogP contribution in [0, 0.1) is 0 Å². The van der Waals surface area contributed by atoms with Crippen LogP contribution in [-0.4, -0.2) is 30.7 Å². The lowest BCUT2D eigenvalue weighted by Gasteiger charge is -2.09. The van der Waals surface area contributed by atoms with Crippen molar-refractivity contribution in [1.29, 1.82) is 0 Å². The van der Waals surface area contributed by atoms with Gasteiger partial charge in [0.05, 0.1) is 13.5 Å². The SMILES string of the molecule is CCC(=O)CC(=O)c1ccc(CC(N)C(=O)OC)cc1. The molecule has 1 unspecified atom stereocenters. The molecule has 0 aromatic heterocycles. The molecule has 1 aromatic carbocycles. The second-order valence-corrected chi connectivity index (χ2v) is 4.52. The van der Waals surface area contributed by atoms with Gasteiger partial charge in [-0.1, -0.05) is 31.2 Å². The molecule has 0 aliphatic carbocycles. The first-order chi connectivity index (χ1) is 9.47. The number of carbonyl (C=O) groups is 3. The maximum atomic E-state index is 11.8. The molecular weight excluding hydrogens is 258 g/mol. The van der Waals surface area contributed by atoms with E-state index in [4.69, 9.17) is 5.73 Å². The Morgan fingerprint density at radius 2 is 1.80 bits per heavy atom. The maximum absolute atomic E-state index is 11.8. The van der Waals surface area contributed by atoms with E-state index in [-0.39, 0.29) is 18.0 Å². The lowest BCUT2D eigenvalue weighted by Crippen LogP contribution is -2.33. The largest absolute Gasteiger partial charge is 0.468 e. The van der Waals surface area contributed by atoms with Crippen molar-refractivity contribution in [3.05, 3.63) is 35.4 Å². The molecule has 108 valence electrons. The molecule has 20 heavy (non-hydrogen) atoms. The van der Waals surface area contributed by atoms with Crippen LogP contribution in [0.15, 0.2) is 24.3 Å². The summed E-state index contributed by atoms with van der Waals surface area (Å²) in [5, 5.41) is 0. The summed E-state index contributed by atoms with van der Waals surface area (Å²) in [6.07, 6.45) is 0.629. The Labute approximate surface area is 118 Å². The molecule has 0 saturated heterocycles. The Hall–Kier alpha value is -2.01. The molecule has 5 nitrogen and oxygen atoms in total. The van der Waals surface area contributed by atoms with E-state index >= 15 is 0 Å². The molecule has 0 fully saturated rings. The van der Waals surface area contributed by atoms with Gasteiger partial charge in [0.25, 0.3) is 0 Å². The van der Waals surface area contributed by atoms with Gasteiger partial charge >= 0.3 is 5.97 Å². The van der Waals surface area contributed by atoms with E-state index in [2.05, 4.69) is 4.74 Å². The van der Waals surface area contributed by atoms with Gasteiger partial charge in [-0.3, -0.25) is 14.4 Å². The van der Waals surface area contributed by atoms with Gasteiger partial charge in [0.2, 0.25) is 0 Å². The van der Waals surface area contributed by atoms with E-state index in [0.29, 0.717) is 18.4 Å². The highest BCUT2D eigenvalue weighted by atomic mass is 16.5. The molecule has 0 saturated carbocycles. The van der Waals surface area contributed by atoms with Crippen LogP contribution in [0.5, 0.6) is 0 Å². The molecular formula is C15H19NO4. The van der Waals surface area contributed by atoms with Crippen LogP contribution in [0.25, 0.3) is 0 Å². The van der Waals surface area contributed by atoms with Crippen LogP contribution in [0.2, 0.25) is 0 Å². The summed E-state index contributed by atoms with van der Waals surface area (Å²) in [6, 6.07) is 6.02. The normalized spacial score (nSPS) is 11.8. The van der Waals surface area contributed by atoms with Gasteiger partial charge in [0.15, 0.2) is 5.78 Å². The number of benzene rings is 1. The van der Waals surface area contributed by atoms with Gasteiger partial charge in [-0.15, -0.1) is 0 Å². The standard InChI is InChI=1S/C15H19NO4/c1-3-12(17)9-14(18)11-6-4-10(5-7-11)8-13(16)15(19)20-2/h4-7,13H,3,8-9,16H2,1-2H3. The van der Waals surface area contributed by atoms with Gasteiger partial charge in [0.1, 0.15) is 11.8 Å². The number of hydrogen-bond acceptors (Lipinski definition) is 5. The highest BCUT2D eigenvalue weighted by molar-refractivity contribution is 6.07. The first-order valence-electron chi connectivity index (χ1n) is 6.45. The number of ketones is 2. The zero-order valence-electron chi connectivity index (χ0n) is 11.7. The monoisotopic (exact) mass is 277 g/mol. The second kappa shape index (κ2) is 7.55. The number of nitrogens with two attached hydrogens (primary N) is 1. The van der Waals surface area contributed by atoms with Crippen molar-refractivity contribution < 1.29 is 19.1 Å². The predicted octanol–water partition coefficient (Wildman–Crippen LogP) is 1.28. The van der Waals surface area contributed by atoms with Crippen LogP contribution in [0.4, 0.5) is 0 Å². The van der Waals surface area contributed by atoms with Crippen molar-refractivity contribution in [2.45, 2.75) is 32.2 Å². The number of esters is 1. The molecule has 1 rings (SSSR count). The molecule has 2 N–H and O–H groups in total. The van der Waals surface area contributed by atoms with Gasteiger partial charge in [-0.05, 0) is 12.0 Å². The van der Waals surface area contributed by atoms with E-state index in [1.165, 1.54) is 7.11 Å². The average molecular weight is 277 g/mol. The van der Waals surface area contributed by atoms with Gasteiger partial charge < -0.3 is 10.5 Å². The van der Waals surface area contributed by atoms with Crippen molar-refractivity contribution in [3.8, 4) is 0 Å². The number of carbonyl (C=O) groups excluding carboxylic acids is 3. The van der Waals surface area contributed by atoms with Crippen molar-refractivity contribution in [2.75, 3.05) is 7.11 Å². The smallest absolute Gasteiger partial charge is 0.322 e. The number of methoxy groups -OCH3 is 1. The van der Waals surface area contributed by atoms with E-state index in [0.717, 1.165) is 5.56 Å². The Kier molecular flexibility index (Phi) is 6.06. The van der Waals surface area contributed by atoms with Crippen LogP contribution in [0.3, 0.4) is 0 Å². The summed E-state index contributed by atoms with van der Waals surface area (Å²) in [4.78, 5) is 34.2. The minimum absolute atomic E-state index is 0.0719. The third-order valence-electron chi connectivity index (χ3n) is 2.99. The molecule has 0 radical (unpaired) electrons. The summed E-state index contributed by atoms with van der Waals surface area (Å²) in [5.41, 5.74) is 6.98. The third-order valence-corrected chi connectivity index (χ3v) is 2.99. The van der Waals surface area contributed by atoms with Crippen molar-refractivity contribution in [2.24, 2.45) is 5.73 Å². The van der Waals surface area contributed by atoms with Crippen LogP contribution in [0.1, 0.15) is 35.7 Å². The van der Waals surface area contributed by atoms with E-state index < -0.39 is 12.0 Å². The molecule has 0 aliphatic rings. The van der Waals surface area contributed by atoms with Crippen LogP contribution < -0.4 is 5.73 Å². The van der Waals surface area contributed by atoms with Crippen molar-refractivity contribution in [1.82, 2.24) is 0 Å². The van der Waals surface area contributed by atoms with Crippen molar-refractivity contribution in [3.63, 3.8) is 0 Å². The molecule has 0 aliphatic heterocycles. The molecule has 0 spiro atoms. The number of Topliss-reactive ketones (excluding diaryl/α,β-unsaturated/α-hetero) is 2. The van der Waals surface area contributed by atoms with Crippen LogP contribution in [-0.2, 0) is 20.7 Å². The summed E-state index contributed by atoms with van der Waals surface area (Å²) in [7, 11) is 1.29.